The maximum atomic E-state index is 12.8. The van der Waals surface area contributed by atoms with E-state index in [1.54, 1.807) is 0 Å². The topological polar surface area (TPSA) is 0 Å². The largest absolute Gasteiger partial charge is 0.235 e. The third-order valence-corrected chi connectivity index (χ3v) is 3.88. The molecule has 0 saturated carbocycles. The van der Waals surface area contributed by atoms with Crippen molar-refractivity contribution < 1.29 is 8.78 Å². The Hall–Kier alpha value is 0.560. The summed E-state index contributed by atoms with van der Waals surface area (Å²) >= 11 is 0. The van der Waals surface area contributed by atoms with Crippen LogP contribution in [-0.2, 0) is 0 Å². The Morgan fingerprint density at radius 1 is 0.917 bits per heavy atom. The van der Waals surface area contributed by atoms with Crippen LogP contribution >= 0.6 is 21.6 Å². The van der Waals surface area contributed by atoms with Crippen molar-refractivity contribution in [2.24, 2.45) is 0 Å². The Bertz CT molecular complexity index is 89.1. The van der Waals surface area contributed by atoms with Crippen molar-refractivity contribution in [3.8, 4) is 0 Å². The summed E-state index contributed by atoms with van der Waals surface area (Å²) < 4.78 is 25.6. The van der Waals surface area contributed by atoms with Crippen LogP contribution in [0.4, 0.5) is 8.78 Å². The van der Waals surface area contributed by atoms with E-state index < -0.39 is 11.0 Å². The highest BCUT2D eigenvalue weighted by Crippen LogP contribution is 2.36. The summed E-state index contributed by atoms with van der Waals surface area (Å²) in [6.07, 6.45) is 2.69. The first kappa shape index (κ1) is 12.6. The van der Waals surface area contributed by atoms with Crippen molar-refractivity contribution in [3.05, 3.63) is 0 Å². The van der Waals surface area contributed by atoms with E-state index in [1.807, 2.05) is 13.8 Å². The number of rotatable bonds is 7. The van der Waals surface area contributed by atoms with Crippen LogP contribution in [0.2, 0.25) is 0 Å². The fourth-order valence-corrected chi connectivity index (χ4v) is 2.88. The lowest BCUT2D eigenvalue weighted by molar-refractivity contribution is 0.423. The maximum Gasteiger partial charge on any atom is 0.155 e. The van der Waals surface area contributed by atoms with Crippen LogP contribution in [-0.4, -0.2) is 11.0 Å². The molecule has 0 aromatic carbocycles. The highest BCUT2D eigenvalue weighted by Gasteiger charge is 2.11. The molecule has 12 heavy (non-hydrogen) atoms. The number of halogens is 2. The average molecular weight is 214 g/mol. The molecule has 0 N–H and O–H groups in total. The molecule has 0 heterocycles. The average Bonchev–Trinajstić information content (AvgIpc) is 2.02. The Morgan fingerprint density at radius 3 is 1.50 bits per heavy atom. The van der Waals surface area contributed by atoms with Crippen LogP contribution in [0.3, 0.4) is 0 Å². The minimum absolute atomic E-state index is 0.524. The Balaban J connectivity index is 3.27. The molecule has 0 aliphatic rings. The lowest BCUT2D eigenvalue weighted by atomic mass is 10.4. The van der Waals surface area contributed by atoms with Crippen LogP contribution in [0, 0.1) is 0 Å². The van der Waals surface area contributed by atoms with Gasteiger partial charge < -0.3 is 0 Å². The Labute approximate surface area is 81.3 Å². The van der Waals surface area contributed by atoms with Gasteiger partial charge in [-0.05, 0) is 12.8 Å². The van der Waals surface area contributed by atoms with E-state index in [0.29, 0.717) is 12.8 Å². The monoisotopic (exact) mass is 214 g/mol. The van der Waals surface area contributed by atoms with Crippen molar-refractivity contribution >= 4 is 21.6 Å². The molecule has 0 rings (SSSR count). The van der Waals surface area contributed by atoms with E-state index in [4.69, 9.17) is 0 Å². The molecule has 0 bridgehead atoms. The van der Waals surface area contributed by atoms with Gasteiger partial charge in [0.2, 0.25) is 0 Å². The van der Waals surface area contributed by atoms with Gasteiger partial charge in [0.1, 0.15) is 0 Å². The molecule has 0 fully saturated rings. The molecule has 0 aromatic rings. The van der Waals surface area contributed by atoms with E-state index in [2.05, 4.69) is 0 Å². The van der Waals surface area contributed by atoms with Crippen molar-refractivity contribution in [1.82, 2.24) is 0 Å². The second kappa shape index (κ2) is 8.17. The molecule has 0 amide bonds. The van der Waals surface area contributed by atoms with Crippen LogP contribution < -0.4 is 0 Å². The van der Waals surface area contributed by atoms with Crippen LogP contribution in [0.25, 0.3) is 0 Å². The van der Waals surface area contributed by atoms with Gasteiger partial charge in [0.15, 0.2) is 11.0 Å². The molecule has 0 aliphatic heterocycles. The Morgan fingerprint density at radius 2 is 1.25 bits per heavy atom. The van der Waals surface area contributed by atoms with Gasteiger partial charge in [0.05, 0.1) is 0 Å². The highest BCUT2D eigenvalue weighted by atomic mass is 33.1. The first-order valence-corrected chi connectivity index (χ1v) is 6.58. The van der Waals surface area contributed by atoms with Gasteiger partial charge >= 0.3 is 0 Å². The fraction of sp³-hybridized carbons (Fsp3) is 1.00. The zero-order chi connectivity index (χ0) is 9.40. The van der Waals surface area contributed by atoms with Crippen molar-refractivity contribution in [3.63, 3.8) is 0 Å². The summed E-state index contributed by atoms with van der Waals surface area (Å²) in [6.45, 7) is 3.85. The number of alkyl halides is 2. The predicted molar refractivity (Wildman–Crippen MR) is 54.8 cm³/mol. The minimum Gasteiger partial charge on any atom is -0.235 e. The van der Waals surface area contributed by atoms with E-state index in [1.165, 1.54) is 0 Å². The van der Waals surface area contributed by atoms with Crippen LogP contribution in [0.5, 0.6) is 0 Å². The van der Waals surface area contributed by atoms with Gasteiger partial charge in [-0.15, -0.1) is 0 Å². The summed E-state index contributed by atoms with van der Waals surface area (Å²) in [7, 11) is 2.05. The minimum atomic E-state index is -0.907. The molecule has 2 atom stereocenters. The van der Waals surface area contributed by atoms with Crippen molar-refractivity contribution in [2.75, 3.05) is 0 Å². The second-order valence-corrected chi connectivity index (χ2v) is 5.15. The molecule has 0 aliphatic carbocycles. The summed E-state index contributed by atoms with van der Waals surface area (Å²) in [5.41, 5.74) is -1.81. The van der Waals surface area contributed by atoms with Crippen molar-refractivity contribution in [1.29, 1.82) is 0 Å². The molecule has 2 unspecified atom stereocenters. The Kier molecular flexibility index (Phi) is 8.55. The zero-order valence-corrected chi connectivity index (χ0v) is 9.19. The van der Waals surface area contributed by atoms with E-state index in [-0.39, 0.29) is 0 Å². The molecule has 0 radical (unpaired) electrons. The second-order valence-electron chi connectivity index (χ2n) is 2.59. The SMILES string of the molecule is CCCC(F)SSC(F)CCC. The molecule has 4 heteroatoms. The van der Waals surface area contributed by atoms with Gasteiger partial charge in [-0.25, -0.2) is 8.78 Å². The standard InChI is InChI=1S/C8H16F2S2/c1-3-5-7(9)11-12-8(10)6-4-2/h7-8H,3-6H2,1-2H3. The van der Waals surface area contributed by atoms with Gasteiger partial charge in [-0.3, -0.25) is 0 Å². The molecule has 74 valence electrons. The lowest BCUT2D eigenvalue weighted by Crippen LogP contribution is -1.94. The lowest BCUT2D eigenvalue weighted by Gasteiger charge is -2.07. The van der Waals surface area contributed by atoms with Gasteiger partial charge in [-0.1, -0.05) is 48.3 Å². The third kappa shape index (κ3) is 7.22. The quantitative estimate of drug-likeness (QED) is 0.570. The summed E-state index contributed by atoms with van der Waals surface area (Å²) in [5.74, 6) is 0. The van der Waals surface area contributed by atoms with E-state index in [9.17, 15) is 8.78 Å². The number of hydrogen-bond acceptors (Lipinski definition) is 2. The number of hydrogen-bond donors (Lipinski definition) is 0. The summed E-state index contributed by atoms with van der Waals surface area (Å²) in [6, 6.07) is 0. The first-order chi connectivity index (χ1) is 5.70. The van der Waals surface area contributed by atoms with Crippen molar-refractivity contribution in [2.45, 2.75) is 50.5 Å². The fourth-order valence-electron chi connectivity index (χ4n) is 0.671. The molecule has 0 spiro atoms. The summed E-state index contributed by atoms with van der Waals surface area (Å²) in [5, 5.41) is 0. The smallest absolute Gasteiger partial charge is 0.155 e. The van der Waals surface area contributed by atoms with E-state index in [0.717, 1.165) is 34.4 Å². The van der Waals surface area contributed by atoms with Crippen LogP contribution in [0.15, 0.2) is 0 Å². The van der Waals surface area contributed by atoms with Gasteiger partial charge in [0.25, 0.3) is 0 Å². The molecule has 0 aromatic heterocycles. The maximum absolute atomic E-state index is 12.8. The van der Waals surface area contributed by atoms with Gasteiger partial charge in [-0.2, -0.15) is 0 Å². The third-order valence-electron chi connectivity index (χ3n) is 1.30. The molecule has 0 nitrogen and oxygen atoms in total. The molecule has 0 saturated heterocycles. The highest BCUT2D eigenvalue weighted by molar-refractivity contribution is 8.77. The normalized spacial score (nSPS) is 16.0. The molecular formula is C8H16F2S2. The first-order valence-electron chi connectivity index (χ1n) is 4.31. The van der Waals surface area contributed by atoms with Crippen LogP contribution in [0.1, 0.15) is 39.5 Å². The van der Waals surface area contributed by atoms with Gasteiger partial charge in [0, 0.05) is 0 Å². The predicted octanol–water partition coefficient (Wildman–Crippen LogP) is 4.56. The zero-order valence-electron chi connectivity index (χ0n) is 7.56. The van der Waals surface area contributed by atoms with E-state index >= 15 is 0 Å². The summed E-state index contributed by atoms with van der Waals surface area (Å²) in [4.78, 5) is 0. The molecular weight excluding hydrogens is 198 g/mol.